The Kier molecular flexibility index (Phi) is 7.90. The molecule has 1 N–H and O–H groups in total. The van der Waals surface area contributed by atoms with E-state index in [1.165, 1.54) is 30.7 Å². The molecule has 2 rings (SSSR count). The van der Waals surface area contributed by atoms with Crippen LogP contribution in [0.15, 0.2) is 12.1 Å². The second-order valence-electron chi connectivity index (χ2n) is 6.36. The summed E-state index contributed by atoms with van der Waals surface area (Å²) in [6.45, 7) is 6.06. The van der Waals surface area contributed by atoms with Gasteiger partial charge in [-0.1, -0.05) is 0 Å². The number of nitrogens with zero attached hydrogens (tertiary/aromatic N) is 2. The summed E-state index contributed by atoms with van der Waals surface area (Å²) < 4.78 is 41.5. The van der Waals surface area contributed by atoms with Crippen LogP contribution in [0.1, 0.15) is 17.3 Å². The summed E-state index contributed by atoms with van der Waals surface area (Å²) in [4.78, 5) is 15.1. The Bertz CT molecular complexity index is 778. The van der Waals surface area contributed by atoms with Crippen LogP contribution in [0, 0.1) is 0 Å². The Morgan fingerprint density at radius 3 is 2.36 bits per heavy atom. The Morgan fingerprint density at radius 1 is 1.21 bits per heavy atom. The Labute approximate surface area is 166 Å². The fourth-order valence-corrected chi connectivity index (χ4v) is 4.06. The molecule has 0 spiro atoms. The maximum absolute atomic E-state index is 12.9. The van der Waals surface area contributed by atoms with Crippen molar-refractivity contribution in [3.8, 4) is 11.5 Å². The van der Waals surface area contributed by atoms with Crippen molar-refractivity contribution in [1.82, 2.24) is 10.2 Å². The summed E-state index contributed by atoms with van der Waals surface area (Å²) >= 11 is 0. The van der Waals surface area contributed by atoms with Gasteiger partial charge in [-0.05, 0) is 13.0 Å². The zero-order chi connectivity index (χ0) is 20.7. The SMILES string of the molecule is CCN(c1cc(OC)c(OC)cc1C(=O)NCCN1CCOCC1)S(C)(=O)=O. The highest BCUT2D eigenvalue weighted by molar-refractivity contribution is 7.92. The van der Waals surface area contributed by atoms with Crippen molar-refractivity contribution in [2.45, 2.75) is 6.92 Å². The van der Waals surface area contributed by atoms with Gasteiger partial charge in [0.15, 0.2) is 11.5 Å². The molecule has 1 saturated heterocycles. The van der Waals surface area contributed by atoms with E-state index in [2.05, 4.69) is 10.2 Å². The first kappa shape index (κ1) is 22.3. The van der Waals surface area contributed by atoms with Gasteiger partial charge < -0.3 is 19.5 Å². The van der Waals surface area contributed by atoms with E-state index in [0.717, 1.165) is 19.3 Å². The number of anilines is 1. The Hall–Kier alpha value is -2.04. The smallest absolute Gasteiger partial charge is 0.253 e. The molecule has 0 aliphatic carbocycles. The maximum atomic E-state index is 12.9. The van der Waals surface area contributed by atoms with Crippen molar-refractivity contribution in [1.29, 1.82) is 0 Å². The number of nitrogens with one attached hydrogen (secondary N) is 1. The van der Waals surface area contributed by atoms with E-state index in [9.17, 15) is 13.2 Å². The van der Waals surface area contributed by atoms with Crippen LogP contribution in [0.3, 0.4) is 0 Å². The molecule has 1 aromatic rings. The zero-order valence-corrected chi connectivity index (χ0v) is 17.7. The van der Waals surface area contributed by atoms with Gasteiger partial charge in [0.25, 0.3) is 5.91 Å². The van der Waals surface area contributed by atoms with Gasteiger partial charge in [0, 0.05) is 38.8 Å². The number of sulfonamides is 1. The number of benzene rings is 1. The Morgan fingerprint density at radius 2 is 1.82 bits per heavy atom. The van der Waals surface area contributed by atoms with Crippen molar-refractivity contribution >= 4 is 21.6 Å². The summed E-state index contributed by atoms with van der Waals surface area (Å²) in [5.74, 6) is 0.338. The largest absolute Gasteiger partial charge is 0.493 e. The lowest BCUT2D eigenvalue weighted by Crippen LogP contribution is -2.41. The molecular weight excluding hydrogens is 386 g/mol. The molecule has 1 aliphatic heterocycles. The second-order valence-corrected chi connectivity index (χ2v) is 8.27. The highest BCUT2D eigenvalue weighted by Crippen LogP contribution is 2.36. The minimum absolute atomic E-state index is 0.183. The molecule has 1 aromatic carbocycles. The third kappa shape index (κ3) is 5.49. The average Bonchev–Trinajstić information content (AvgIpc) is 2.67. The molecule has 10 heteroatoms. The number of hydrogen-bond donors (Lipinski definition) is 1. The number of ether oxygens (including phenoxy) is 3. The van der Waals surface area contributed by atoms with Gasteiger partial charge in [-0.25, -0.2) is 8.42 Å². The monoisotopic (exact) mass is 415 g/mol. The first-order valence-corrected chi connectivity index (χ1v) is 11.0. The predicted molar refractivity (Wildman–Crippen MR) is 107 cm³/mol. The van der Waals surface area contributed by atoms with Gasteiger partial charge in [-0.3, -0.25) is 14.0 Å². The number of rotatable bonds is 9. The molecule has 0 bridgehead atoms. The molecule has 9 nitrogen and oxygen atoms in total. The number of carbonyl (C=O) groups is 1. The quantitative estimate of drug-likeness (QED) is 0.629. The fraction of sp³-hybridized carbons (Fsp3) is 0.611. The third-order valence-electron chi connectivity index (χ3n) is 4.52. The molecule has 1 amide bonds. The van der Waals surface area contributed by atoms with Gasteiger partial charge in [0.05, 0.1) is 44.9 Å². The number of methoxy groups -OCH3 is 2. The van der Waals surface area contributed by atoms with E-state index < -0.39 is 10.0 Å². The van der Waals surface area contributed by atoms with E-state index >= 15 is 0 Å². The first-order valence-electron chi connectivity index (χ1n) is 9.13. The average molecular weight is 416 g/mol. The summed E-state index contributed by atoms with van der Waals surface area (Å²) in [5, 5.41) is 2.87. The fourth-order valence-electron chi connectivity index (χ4n) is 3.09. The molecule has 1 fully saturated rings. The predicted octanol–water partition coefficient (Wildman–Crippen LogP) is 0.552. The third-order valence-corrected chi connectivity index (χ3v) is 5.78. The summed E-state index contributed by atoms with van der Waals surface area (Å²) in [7, 11) is -0.649. The zero-order valence-electron chi connectivity index (χ0n) is 16.9. The highest BCUT2D eigenvalue weighted by Gasteiger charge is 2.25. The van der Waals surface area contributed by atoms with Crippen LogP contribution in [-0.4, -0.2) is 85.6 Å². The summed E-state index contributed by atoms with van der Waals surface area (Å²) in [6, 6.07) is 3.02. The van der Waals surface area contributed by atoms with Crippen LogP contribution >= 0.6 is 0 Å². The van der Waals surface area contributed by atoms with E-state index in [0.29, 0.717) is 37.8 Å². The van der Waals surface area contributed by atoms with Crippen LogP contribution in [0.4, 0.5) is 5.69 Å². The molecule has 28 heavy (non-hydrogen) atoms. The van der Waals surface area contributed by atoms with Crippen LogP contribution in [0.2, 0.25) is 0 Å². The van der Waals surface area contributed by atoms with Crippen molar-refractivity contribution in [3.63, 3.8) is 0 Å². The lowest BCUT2D eigenvalue weighted by Gasteiger charge is -2.27. The van der Waals surface area contributed by atoms with Crippen molar-refractivity contribution in [3.05, 3.63) is 17.7 Å². The van der Waals surface area contributed by atoms with Gasteiger partial charge in [-0.15, -0.1) is 0 Å². The van der Waals surface area contributed by atoms with Gasteiger partial charge in [0.2, 0.25) is 10.0 Å². The molecule has 0 atom stereocenters. The molecule has 0 unspecified atom stereocenters. The number of carbonyl (C=O) groups excluding carboxylic acids is 1. The van der Waals surface area contributed by atoms with Crippen molar-refractivity contribution in [2.75, 3.05) is 70.7 Å². The van der Waals surface area contributed by atoms with Gasteiger partial charge in [0.1, 0.15) is 0 Å². The summed E-state index contributed by atoms with van der Waals surface area (Å²) in [5.41, 5.74) is 0.471. The van der Waals surface area contributed by atoms with E-state index in [-0.39, 0.29) is 23.7 Å². The molecule has 0 aromatic heterocycles. The van der Waals surface area contributed by atoms with Crippen molar-refractivity contribution < 1.29 is 27.4 Å². The van der Waals surface area contributed by atoms with E-state index in [1.807, 2.05) is 0 Å². The van der Waals surface area contributed by atoms with E-state index in [4.69, 9.17) is 14.2 Å². The highest BCUT2D eigenvalue weighted by atomic mass is 32.2. The van der Waals surface area contributed by atoms with Gasteiger partial charge in [-0.2, -0.15) is 0 Å². The van der Waals surface area contributed by atoms with Crippen LogP contribution in [0.25, 0.3) is 0 Å². The number of amides is 1. The van der Waals surface area contributed by atoms with Gasteiger partial charge >= 0.3 is 0 Å². The van der Waals surface area contributed by atoms with Crippen LogP contribution in [-0.2, 0) is 14.8 Å². The van der Waals surface area contributed by atoms with Crippen LogP contribution < -0.4 is 19.1 Å². The number of hydrogen-bond acceptors (Lipinski definition) is 7. The maximum Gasteiger partial charge on any atom is 0.253 e. The molecule has 158 valence electrons. The minimum Gasteiger partial charge on any atom is -0.493 e. The van der Waals surface area contributed by atoms with Crippen molar-refractivity contribution in [2.24, 2.45) is 0 Å². The molecule has 1 heterocycles. The lowest BCUT2D eigenvalue weighted by molar-refractivity contribution is 0.0383. The number of morpholine rings is 1. The summed E-state index contributed by atoms with van der Waals surface area (Å²) in [6.07, 6.45) is 1.10. The minimum atomic E-state index is -3.57. The molecule has 1 aliphatic rings. The lowest BCUT2D eigenvalue weighted by atomic mass is 10.1. The molecular formula is C18H29N3O6S. The topological polar surface area (TPSA) is 97.4 Å². The van der Waals surface area contributed by atoms with Crippen LogP contribution in [0.5, 0.6) is 11.5 Å². The van der Waals surface area contributed by atoms with E-state index in [1.54, 1.807) is 6.92 Å². The first-order chi connectivity index (χ1) is 13.3. The standard InChI is InChI=1S/C18H29N3O6S/c1-5-21(28(4,23)24)15-13-17(26-3)16(25-2)12-14(15)18(22)19-6-7-20-8-10-27-11-9-20/h12-13H,5-11H2,1-4H3,(H,19,22). The molecule has 0 saturated carbocycles. The molecule has 0 radical (unpaired) electrons. The second kappa shape index (κ2) is 9.94. The normalized spacial score (nSPS) is 15.1. The Balaban J connectivity index is 2.27.